The third-order valence-corrected chi connectivity index (χ3v) is 3.84. The lowest BCUT2D eigenvalue weighted by Gasteiger charge is -2.13. The molecule has 1 atom stereocenters. The average molecular weight is 304 g/mol. The van der Waals surface area contributed by atoms with Crippen LogP contribution in [0.1, 0.15) is 19.5 Å². The van der Waals surface area contributed by atoms with Crippen molar-refractivity contribution in [3.05, 3.63) is 40.4 Å². The molecule has 5 nitrogen and oxygen atoms in total. The van der Waals surface area contributed by atoms with E-state index in [1.165, 1.54) is 6.07 Å². The predicted molar refractivity (Wildman–Crippen MR) is 88.9 cm³/mol. The van der Waals surface area contributed by atoms with Crippen molar-refractivity contribution in [1.29, 1.82) is 0 Å². The summed E-state index contributed by atoms with van der Waals surface area (Å²) in [6.07, 6.45) is 4.54. The maximum atomic E-state index is 11.6. The van der Waals surface area contributed by atoms with Crippen molar-refractivity contribution >= 4 is 17.6 Å². The molecule has 6 heteroatoms. The highest BCUT2D eigenvalue weighted by molar-refractivity contribution is 7.98. The molecule has 0 amide bonds. The van der Waals surface area contributed by atoms with Crippen LogP contribution in [0.15, 0.2) is 29.2 Å². The van der Waals surface area contributed by atoms with Gasteiger partial charge in [0.2, 0.25) is 0 Å². The maximum Gasteiger partial charge on any atom is 0.251 e. The predicted octanol–water partition coefficient (Wildman–Crippen LogP) is 2.56. The van der Waals surface area contributed by atoms with Gasteiger partial charge in [-0.2, -0.15) is 11.8 Å². The fourth-order valence-corrected chi connectivity index (χ4v) is 2.57. The molecule has 112 valence electrons. The molecule has 0 aliphatic carbocycles. The van der Waals surface area contributed by atoms with Gasteiger partial charge in [0.25, 0.3) is 5.56 Å². The van der Waals surface area contributed by atoms with E-state index in [1.54, 1.807) is 18.0 Å². The van der Waals surface area contributed by atoms with Gasteiger partial charge < -0.3 is 10.3 Å². The number of pyridine rings is 1. The van der Waals surface area contributed by atoms with Crippen molar-refractivity contribution < 1.29 is 0 Å². The fourth-order valence-electron chi connectivity index (χ4n) is 1.99. The Labute approximate surface area is 128 Å². The van der Waals surface area contributed by atoms with Gasteiger partial charge in [0, 0.05) is 35.3 Å². The number of H-pyrrole nitrogens is 1. The Morgan fingerprint density at radius 3 is 2.86 bits per heavy atom. The summed E-state index contributed by atoms with van der Waals surface area (Å²) < 4.78 is 0. The number of aryl methyl sites for hydroxylation is 1. The van der Waals surface area contributed by atoms with Crippen LogP contribution in [0.3, 0.4) is 0 Å². The van der Waals surface area contributed by atoms with Gasteiger partial charge in [-0.05, 0) is 31.7 Å². The normalized spacial score (nSPS) is 12.1. The molecule has 0 bridgehead atoms. The Bertz CT molecular complexity index is 639. The Morgan fingerprint density at radius 1 is 1.43 bits per heavy atom. The van der Waals surface area contributed by atoms with Gasteiger partial charge in [0.05, 0.1) is 0 Å². The number of hydrogen-bond donors (Lipinski definition) is 2. The largest absolute Gasteiger partial charge is 0.367 e. The molecule has 21 heavy (non-hydrogen) atoms. The zero-order chi connectivity index (χ0) is 15.2. The van der Waals surface area contributed by atoms with Crippen LogP contribution in [0.25, 0.3) is 11.4 Å². The Hall–Kier alpha value is -1.82. The highest BCUT2D eigenvalue weighted by Gasteiger charge is 2.06. The van der Waals surface area contributed by atoms with Crippen molar-refractivity contribution in [2.75, 3.05) is 17.3 Å². The summed E-state index contributed by atoms with van der Waals surface area (Å²) in [4.78, 5) is 23.1. The van der Waals surface area contributed by atoms with Gasteiger partial charge in [-0.1, -0.05) is 6.92 Å². The van der Waals surface area contributed by atoms with Crippen LogP contribution in [0.2, 0.25) is 0 Å². The van der Waals surface area contributed by atoms with Crippen molar-refractivity contribution in [3.63, 3.8) is 0 Å². The molecule has 0 aliphatic heterocycles. The van der Waals surface area contributed by atoms with Gasteiger partial charge >= 0.3 is 0 Å². The third kappa shape index (κ3) is 4.32. The van der Waals surface area contributed by atoms with E-state index in [9.17, 15) is 4.79 Å². The third-order valence-electron chi connectivity index (χ3n) is 3.00. The number of thioether (sulfide) groups is 1. The molecule has 2 rings (SSSR count). The molecule has 0 radical (unpaired) electrons. The molecular formula is C15H20N4OS. The summed E-state index contributed by atoms with van der Waals surface area (Å²) in [5.41, 5.74) is 1.46. The SMILES string of the molecule is CCc1cc(=O)[nH]c(-c2ccc(NC(C)CSC)nc2)n1. The second-order valence-electron chi connectivity index (χ2n) is 4.87. The average Bonchev–Trinajstić information content (AvgIpc) is 2.47. The van der Waals surface area contributed by atoms with Crippen LogP contribution in [0.5, 0.6) is 0 Å². The van der Waals surface area contributed by atoms with E-state index < -0.39 is 0 Å². The van der Waals surface area contributed by atoms with Crippen LogP contribution >= 0.6 is 11.8 Å². The lowest BCUT2D eigenvalue weighted by Crippen LogP contribution is -2.18. The molecular weight excluding hydrogens is 284 g/mol. The van der Waals surface area contributed by atoms with E-state index in [0.29, 0.717) is 11.9 Å². The number of nitrogens with zero attached hydrogens (tertiary/aromatic N) is 2. The molecule has 2 aromatic heterocycles. The molecule has 0 saturated carbocycles. The molecule has 0 saturated heterocycles. The first-order valence-corrected chi connectivity index (χ1v) is 8.34. The molecule has 0 spiro atoms. The molecule has 2 aromatic rings. The number of anilines is 1. The van der Waals surface area contributed by atoms with E-state index >= 15 is 0 Å². The quantitative estimate of drug-likeness (QED) is 0.858. The topological polar surface area (TPSA) is 70.7 Å². The van der Waals surface area contributed by atoms with Crippen LogP contribution in [-0.4, -0.2) is 33.0 Å². The molecule has 1 unspecified atom stereocenters. The first-order chi connectivity index (χ1) is 10.1. The molecule has 0 fully saturated rings. The number of rotatable bonds is 6. The molecule has 2 heterocycles. The van der Waals surface area contributed by atoms with Gasteiger partial charge in [0.15, 0.2) is 0 Å². The Kier molecular flexibility index (Phi) is 5.38. The van der Waals surface area contributed by atoms with E-state index in [0.717, 1.165) is 29.2 Å². The van der Waals surface area contributed by atoms with E-state index in [-0.39, 0.29) is 5.56 Å². The van der Waals surface area contributed by atoms with Crippen LogP contribution < -0.4 is 10.9 Å². The highest BCUT2D eigenvalue weighted by Crippen LogP contribution is 2.15. The number of hydrogen-bond acceptors (Lipinski definition) is 5. The van der Waals surface area contributed by atoms with Crippen LogP contribution in [0.4, 0.5) is 5.82 Å². The second kappa shape index (κ2) is 7.26. The number of aromatic amines is 1. The van der Waals surface area contributed by atoms with E-state index in [1.807, 2.05) is 19.1 Å². The molecule has 0 aromatic carbocycles. The number of nitrogens with one attached hydrogen (secondary N) is 2. The Morgan fingerprint density at radius 2 is 2.24 bits per heavy atom. The first kappa shape index (κ1) is 15.6. The minimum Gasteiger partial charge on any atom is -0.367 e. The van der Waals surface area contributed by atoms with Gasteiger partial charge in [0.1, 0.15) is 11.6 Å². The zero-order valence-electron chi connectivity index (χ0n) is 12.5. The van der Waals surface area contributed by atoms with E-state index in [2.05, 4.69) is 33.4 Å². The van der Waals surface area contributed by atoms with Crippen LogP contribution in [0, 0.1) is 0 Å². The molecule has 2 N–H and O–H groups in total. The maximum absolute atomic E-state index is 11.6. The summed E-state index contributed by atoms with van der Waals surface area (Å²) in [6, 6.07) is 5.71. The summed E-state index contributed by atoms with van der Waals surface area (Å²) in [7, 11) is 0. The van der Waals surface area contributed by atoms with E-state index in [4.69, 9.17) is 0 Å². The lowest BCUT2D eigenvalue weighted by molar-refractivity contribution is 0.903. The summed E-state index contributed by atoms with van der Waals surface area (Å²) in [5.74, 6) is 2.42. The zero-order valence-corrected chi connectivity index (χ0v) is 13.3. The Balaban J connectivity index is 2.19. The van der Waals surface area contributed by atoms with Crippen molar-refractivity contribution in [1.82, 2.24) is 15.0 Å². The van der Waals surface area contributed by atoms with Crippen molar-refractivity contribution in [2.45, 2.75) is 26.3 Å². The fraction of sp³-hybridized carbons (Fsp3) is 0.400. The first-order valence-electron chi connectivity index (χ1n) is 6.94. The van der Waals surface area contributed by atoms with Crippen LogP contribution in [-0.2, 0) is 6.42 Å². The summed E-state index contributed by atoms with van der Waals surface area (Å²) in [6.45, 7) is 4.10. The smallest absolute Gasteiger partial charge is 0.251 e. The second-order valence-corrected chi connectivity index (χ2v) is 5.78. The van der Waals surface area contributed by atoms with Crippen molar-refractivity contribution in [3.8, 4) is 11.4 Å². The van der Waals surface area contributed by atoms with Gasteiger partial charge in [-0.3, -0.25) is 4.79 Å². The minimum absolute atomic E-state index is 0.132. The highest BCUT2D eigenvalue weighted by atomic mass is 32.2. The number of aromatic nitrogens is 3. The summed E-state index contributed by atoms with van der Waals surface area (Å²) in [5, 5.41) is 3.33. The van der Waals surface area contributed by atoms with Gasteiger partial charge in [-0.15, -0.1) is 0 Å². The minimum atomic E-state index is -0.132. The lowest BCUT2D eigenvalue weighted by atomic mass is 10.2. The molecule has 0 aliphatic rings. The standard InChI is InChI=1S/C15H20N4OS/c1-4-12-7-14(20)19-15(18-12)11-5-6-13(16-8-11)17-10(2)9-21-3/h5-8,10H,4,9H2,1-3H3,(H,16,17)(H,18,19,20). The monoisotopic (exact) mass is 304 g/mol. The van der Waals surface area contributed by atoms with Crippen molar-refractivity contribution in [2.24, 2.45) is 0 Å². The summed E-state index contributed by atoms with van der Waals surface area (Å²) >= 11 is 1.79. The van der Waals surface area contributed by atoms with Gasteiger partial charge in [-0.25, -0.2) is 9.97 Å².